The molecule has 218 valence electrons. The molecule has 0 spiro atoms. The number of hydrogen-bond donors (Lipinski definition) is 0. The van der Waals surface area contributed by atoms with Gasteiger partial charge in [0.1, 0.15) is 0 Å². The van der Waals surface area contributed by atoms with Crippen LogP contribution in [0, 0.1) is 12.8 Å². The van der Waals surface area contributed by atoms with E-state index in [1.807, 2.05) is 73.7 Å². The van der Waals surface area contributed by atoms with Crippen LogP contribution in [0.15, 0.2) is 108 Å². The van der Waals surface area contributed by atoms with Gasteiger partial charge >= 0.3 is 5.97 Å². The molecule has 1 fully saturated rings. The molecule has 0 saturated carbocycles. The van der Waals surface area contributed by atoms with Crippen molar-refractivity contribution in [2.75, 3.05) is 20.2 Å². The summed E-state index contributed by atoms with van der Waals surface area (Å²) in [6.45, 7) is 3.32. The summed E-state index contributed by atoms with van der Waals surface area (Å²) in [5, 5.41) is 0. The van der Waals surface area contributed by atoms with Gasteiger partial charge in [0.05, 0.1) is 30.3 Å². The van der Waals surface area contributed by atoms with Gasteiger partial charge in [0.15, 0.2) is 0 Å². The molecule has 4 aromatic rings. The number of benzene rings is 4. The van der Waals surface area contributed by atoms with Crippen molar-refractivity contribution in [2.45, 2.75) is 43.8 Å². The summed E-state index contributed by atoms with van der Waals surface area (Å²) in [4.78, 5) is 12.9. The zero-order chi connectivity index (χ0) is 29.5. The van der Waals surface area contributed by atoms with Gasteiger partial charge in [0.2, 0.25) is 10.0 Å². The predicted molar refractivity (Wildman–Crippen MR) is 165 cm³/mol. The van der Waals surface area contributed by atoms with E-state index in [2.05, 4.69) is 12.1 Å². The van der Waals surface area contributed by atoms with E-state index in [0.29, 0.717) is 30.2 Å². The van der Waals surface area contributed by atoms with E-state index in [9.17, 15) is 13.2 Å². The zero-order valence-electron chi connectivity index (χ0n) is 24.1. The molecular weight excluding hydrogens is 546 g/mol. The summed E-state index contributed by atoms with van der Waals surface area (Å²) in [6.07, 6.45) is 2.09. The number of nitrogens with zero attached hydrogens (tertiary/aromatic N) is 1. The fourth-order valence-electron chi connectivity index (χ4n) is 5.71. The van der Waals surface area contributed by atoms with Crippen LogP contribution < -0.4 is 0 Å². The first-order valence-electron chi connectivity index (χ1n) is 14.3. The number of methoxy groups -OCH3 is 1. The molecule has 0 radical (unpaired) electrons. The van der Waals surface area contributed by atoms with Gasteiger partial charge in [-0.3, -0.25) is 0 Å². The molecule has 0 amide bonds. The smallest absolute Gasteiger partial charge is 0.338 e. The average molecular weight is 584 g/mol. The molecule has 0 aromatic heterocycles. The molecule has 1 aliphatic rings. The summed E-state index contributed by atoms with van der Waals surface area (Å²) >= 11 is 0. The van der Waals surface area contributed by atoms with Crippen molar-refractivity contribution in [1.82, 2.24) is 4.31 Å². The average Bonchev–Trinajstić information content (AvgIpc) is 3.04. The maximum absolute atomic E-state index is 13.2. The number of sulfonamides is 1. The molecule has 6 nitrogen and oxygen atoms in total. The third-order valence-corrected chi connectivity index (χ3v) is 9.99. The van der Waals surface area contributed by atoms with Crippen LogP contribution in [0.25, 0.3) is 11.1 Å². The lowest BCUT2D eigenvalue weighted by molar-refractivity contribution is -0.0128. The minimum atomic E-state index is -3.52. The van der Waals surface area contributed by atoms with Crippen LogP contribution >= 0.6 is 0 Å². The maximum Gasteiger partial charge on any atom is 0.338 e. The molecule has 1 atom stereocenters. The Morgan fingerprint density at radius 2 is 1.48 bits per heavy atom. The van der Waals surface area contributed by atoms with E-state index in [4.69, 9.17) is 9.47 Å². The standard InChI is InChI=1S/C35H37NO5S/c1-26-11-9-10-16-31(26)33-23-28(17-18-32(33)35(37)40-2)25-41-34(24-27-12-5-3-6-13-27)29-19-21-36(22-20-29)42(38,39)30-14-7-4-8-15-30/h3-18,23,29,34H,19-22,24-25H2,1-2H3. The lowest BCUT2D eigenvalue weighted by atomic mass is 9.88. The topological polar surface area (TPSA) is 72.9 Å². The Bertz CT molecular complexity index is 1600. The largest absolute Gasteiger partial charge is 0.465 e. The minimum Gasteiger partial charge on any atom is -0.465 e. The molecule has 0 bridgehead atoms. The molecule has 42 heavy (non-hydrogen) atoms. The summed E-state index contributed by atoms with van der Waals surface area (Å²) < 4.78 is 39.7. The van der Waals surface area contributed by atoms with Crippen molar-refractivity contribution in [3.05, 3.63) is 125 Å². The Labute approximate surface area is 249 Å². The van der Waals surface area contributed by atoms with Gasteiger partial charge in [-0.25, -0.2) is 13.2 Å². The highest BCUT2D eigenvalue weighted by Gasteiger charge is 2.33. The Kier molecular flexibility index (Phi) is 9.52. The van der Waals surface area contributed by atoms with Crippen molar-refractivity contribution in [3.63, 3.8) is 0 Å². The quantitative estimate of drug-likeness (QED) is 0.195. The number of ether oxygens (including phenoxy) is 2. The number of piperidine rings is 1. The van der Waals surface area contributed by atoms with Gasteiger partial charge in [-0.05, 0) is 84.2 Å². The molecule has 1 unspecified atom stereocenters. The summed E-state index contributed by atoms with van der Waals surface area (Å²) in [7, 11) is -2.12. The van der Waals surface area contributed by atoms with Crippen molar-refractivity contribution >= 4 is 16.0 Å². The molecule has 7 heteroatoms. The number of aryl methyl sites for hydroxylation is 1. The van der Waals surface area contributed by atoms with Crippen LogP contribution in [0.5, 0.6) is 0 Å². The normalized spacial score (nSPS) is 15.3. The molecule has 1 heterocycles. The van der Waals surface area contributed by atoms with Gasteiger partial charge in [0, 0.05) is 13.1 Å². The van der Waals surface area contributed by atoms with Crippen LogP contribution in [-0.2, 0) is 32.5 Å². The van der Waals surface area contributed by atoms with Crippen molar-refractivity contribution in [3.8, 4) is 11.1 Å². The Balaban J connectivity index is 1.35. The van der Waals surface area contributed by atoms with Crippen LogP contribution in [0.2, 0.25) is 0 Å². The van der Waals surface area contributed by atoms with Gasteiger partial charge in [-0.15, -0.1) is 0 Å². The van der Waals surface area contributed by atoms with E-state index >= 15 is 0 Å². The highest BCUT2D eigenvalue weighted by molar-refractivity contribution is 7.89. The summed E-state index contributed by atoms with van der Waals surface area (Å²) in [5.41, 5.74) is 5.53. The monoisotopic (exact) mass is 583 g/mol. The molecule has 4 aromatic carbocycles. The molecule has 5 rings (SSSR count). The van der Waals surface area contributed by atoms with E-state index in [1.54, 1.807) is 28.6 Å². The molecule has 0 N–H and O–H groups in total. The highest BCUT2D eigenvalue weighted by atomic mass is 32.2. The van der Waals surface area contributed by atoms with Crippen LogP contribution in [0.1, 0.15) is 39.9 Å². The molecular formula is C35H37NO5S. The van der Waals surface area contributed by atoms with Gasteiger partial charge < -0.3 is 9.47 Å². The van der Waals surface area contributed by atoms with E-state index in [-0.39, 0.29) is 18.0 Å². The van der Waals surface area contributed by atoms with Crippen molar-refractivity contribution in [1.29, 1.82) is 0 Å². The SMILES string of the molecule is COC(=O)c1ccc(COC(Cc2ccccc2)C2CCN(S(=O)(=O)c3ccccc3)CC2)cc1-c1ccccc1C. The van der Waals surface area contributed by atoms with Crippen LogP contribution in [0.4, 0.5) is 0 Å². The van der Waals surface area contributed by atoms with E-state index < -0.39 is 10.0 Å². The summed E-state index contributed by atoms with van der Waals surface area (Å²) in [6, 6.07) is 32.6. The lowest BCUT2D eigenvalue weighted by Crippen LogP contribution is -2.42. The Hall–Kier alpha value is -3.78. The fourth-order valence-corrected chi connectivity index (χ4v) is 7.20. The van der Waals surface area contributed by atoms with Crippen molar-refractivity contribution < 1.29 is 22.7 Å². The Morgan fingerprint density at radius 3 is 2.14 bits per heavy atom. The molecule has 0 aliphatic carbocycles. The van der Waals surface area contributed by atoms with Gasteiger partial charge in [0.25, 0.3) is 0 Å². The van der Waals surface area contributed by atoms with Gasteiger partial charge in [-0.1, -0.05) is 78.9 Å². The van der Waals surface area contributed by atoms with Crippen molar-refractivity contribution in [2.24, 2.45) is 5.92 Å². The summed E-state index contributed by atoms with van der Waals surface area (Å²) in [5.74, 6) is -0.169. The predicted octanol–water partition coefficient (Wildman–Crippen LogP) is 6.68. The number of esters is 1. The first-order valence-corrected chi connectivity index (χ1v) is 15.8. The zero-order valence-corrected chi connectivity index (χ0v) is 24.9. The Morgan fingerprint density at radius 1 is 0.833 bits per heavy atom. The van der Waals surface area contributed by atoms with E-state index in [1.165, 1.54) is 12.7 Å². The van der Waals surface area contributed by atoms with Crippen LogP contribution in [0.3, 0.4) is 0 Å². The highest BCUT2D eigenvalue weighted by Crippen LogP contribution is 2.31. The first-order chi connectivity index (χ1) is 20.4. The number of rotatable bonds is 10. The first kappa shape index (κ1) is 29.7. The molecule has 1 saturated heterocycles. The van der Waals surface area contributed by atoms with E-state index in [0.717, 1.165) is 41.5 Å². The third-order valence-electron chi connectivity index (χ3n) is 8.07. The van der Waals surface area contributed by atoms with Crippen LogP contribution in [-0.4, -0.2) is 45.0 Å². The lowest BCUT2D eigenvalue weighted by Gasteiger charge is -2.35. The number of carbonyl (C=O) groups excluding carboxylic acids is 1. The van der Waals surface area contributed by atoms with Gasteiger partial charge in [-0.2, -0.15) is 4.31 Å². The minimum absolute atomic E-state index is 0.0869. The second kappa shape index (κ2) is 13.5. The molecule has 1 aliphatic heterocycles. The third kappa shape index (κ3) is 6.81. The fraction of sp³-hybridized carbons (Fsp3) is 0.286. The number of carbonyl (C=O) groups is 1. The second-order valence-corrected chi connectivity index (χ2v) is 12.7. The number of hydrogen-bond acceptors (Lipinski definition) is 5. The second-order valence-electron chi connectivity index (χ2n) is 10.8. The maximum atomic E-state index is 13.2.